The van der Waals surface area contributed by atoms with Gasteiger partial charge in [-0.3, -0.25) is 4.79 Å². The molecule has 5 nitrogen and oxygen atoms in total. The van der Waals surface area contributed by atoms with Gasteiger partial charge >= 0.3 is 6.09 Å². The van der Waals surface area contributed by atoms with Crippen molar-refractivity contribution >= 4 is 35.2 Å². The van der Waals surface area contributed by atoms with E-state index in [1.807, 2.05) is 20.8 Å². The van der Waals surface area contributed by atoms with Crippen LogP contribution in [0.2, 0.25) is 10.0 Å². The minimum atomic E-state index is -1.76. The van der Waals surface area contributed by atoms with Crippen LogP contribution in [0.1, 0.15) is 52.0 Å². The average molecular weight is 445 g/mol. The van der Waals surface area contributed by atoms with Crippen LogP contribution in [0.15, 0.2) is 18.2 Å². The fourth-order valence-corrected chi connectivity index (χ4v) is 3.94. The number of piperidine rings is 1. The Bertz CT molecular complexity index is 785. The van der Waals surface area contributed by atoms with Gasteiger partial charge in [-0.25, -0.2) is 9.18 Å². The molecule has 0 bridgehead atoms. The van der Waals surface area contributed by atoms with E-state index in [9.17, 15) is 14.0 Å². The van der Waals surface area contributed by atoms with Crippen molar-refractivity contribution in [2.75, 3.05) is 13.1 Å². The van der Waals surface area contributed by atoms with E-state index in [0.717, 1.165) is 5.56 Å². The van der Waals surface area contributed by atoms with Crippen LogP contribution >= 0.6 is 23.2 Å². The van der Waals surface area contributed by atoms with Crippen LogP contribution in [0.5, 0.6) is 0 Å². The molecule has 0 aromatic heterocycles. The van der Waals surface area contributed by atoms with Crippen molar-refractivity contribution in [1.29, 1.82) is 0 Å². The van der Waals surface area contributed by atoms with Crippen LogP contribution in [0.3, 0.4) is 0 Å². The molecule has 0 N–H and O–H groups in total. The lowest BCUT2D eigenvalue weighted by atomic mass is 10.0. The standard InChI is InChI=1S/C21H27Cl2FN2O3/c1-20(2,3)29-19(28)25-10-6-16(7-11-25)26(18(27)21(24)8-9-21)13-14-4-5-15(22)12-17(14)23/h4-5,12,16H,6-11,13H2,1-3H3. The fraction of sp³-hybridized carbons (Fsp3) is 0.619. The Hall–Kier alpha value is -1.53. The second kappa shape index (κ2) is 8.31. The number of nitrogens with zero attached hydrogens (tertiary/aromatic N) is 2. The van der Waals surface area contributed by atoms with Gasteiger partial charge in [0.25, 0.3) is 5.91 Å². The average Bonchev–Trinajstić information content (AvgIpc) is 3.38. The molecule has 1 saturated carbocycles. The SMILES string of the molecule is CC(C)(C)OC(=O)N1CCC(N(Cc2ccc(Cl)cc2Cl)C(=O)C2(F)CC2)CC1. The number of hydrogen-bond donors (Lipinski definition) is 0. The van der Waals surface area contributed by atoms with Crippen molar-refractivity contribution < 1.29 is 18.7 Å². The van der Waals surface area contributed by atoms with Gasteiger partial charge in [-0.05, 0) is 64.2 Å². The molecule has 3 rings (SSSR count). The van der Waals surface area contributed by atoms with Gasteiger partial charge in [-0.2, -0.15) is 0 Å². The smallest absolute Gasteiger partial charge is 0.410 e. The summed E-state index contributed by atoms with van der Waals surface area (Å²) >= 11 is 12.3. The molecular weight excluding hydrogens is 418 g/mol. The lowest BCUT2D eigenvalue weighted by molar-refractivity contribution is -0.142. The number of benzene rings is 1. The third kappa shape index (κ3) is 5.54. The molecular formula is C21H27Cl2FN2O3. The van der Waals surface area contributed by atoms with Crippen molar-refractivity contribution in [1.82, 2.24) is 9.80 Å². The van der Waals surface area contributed by atoms with E-state index in [2.05, 4.69) is 0 Å². The fourth-order valence-electron chi connectivity index (χ4n) is 3.47. The highest BCUT2D eigenvalue weighted by molar-refractivity contribution is 6.35. The maximum Gasteiger partial charge on any atom is 0.410 e. The first kappa shape index (κ1) is 22.2. The second-order valence-corrected chi connectivity index (χ2v) is 9.68. The van der Waals surface area contributed by atoms with Gasteiger partial charge in [0.15, 0.2) is 5.67 Å². The lowest BCUT2D eigenvalue weighted by Crippen LogP contribution is -2.51. The quantitative estimate of drug-likeness (QED) is 0.638. The lowest BCUT2D eigenvalue weighted by Gasteiger charge is -2.39. The molecule has 0 atom stereocenters. The van der Waals surface area contributed by atoms with Gasteiger partial charge in [0, 0.05) is 35.7 Å². The molecule has 29 heavy (non-hydrogen) atoms. The monoisotopic (exact) mass is 444 g/mol. The summed E-state index contributed by atoms with van der Waals surface area (Å²) in [4.78, 5) is 28.4. The number of likely N-dealkylation sites (tertiary alicyclic amines) is 1. The van der Waals surface area contributed by atoms with Crippen LogP contribution in [-0.2, 0) is 16.1 Å². The molecule has 2 amide bonds. The maximum absolute atomic E-state index is 14.6. The molecule has 1 aliphatic carbocycles. The molecule has 1 aliphatic heterocycles. The molecule has 1 aromatic rings. The molecule has 160 valence electrons. The summed E-state index contributed by atoms with van der Waals surface area (Å²) in [5, 5.41) is 0.955. The minimum Gasteiger partial charge on any atom is -0.444 e. The zero-order chi connectivity index (χ0) is 21.4. The van der Waals surface area contributed by atoms with E-state index in [1.54, 1.807) is 28.0 Å². The highest BCUT2D eigenvalue weighted by Crippen LogP contribution is 2.43. The molecule has 8 heteroatoms. The largest absolute Gasteiger partial charge is 0.444 e. The molecule has 1 aromatic carbocycles. The van der Waals surface area contributed by atoms with Gasteiger partial charge in [-0.15, -0.1) is 0 Å². The first-order valence-corrected chi connectivity index (χ1v) is 10.7. The topological polar surface area (TPSA) is 49.9 Å². The number of hydrogen-bond acceptors (Lipinski definition) is 3. The second-order valence-electron chi connectivity index (χ2n) is 8.83. The number of alkyl halides is 1. The first-order valence-electron chi connectivity index (χ1n) is 9.90. The summed E-state index contributed by atoms with van der Waals surface area (Å²) < 4.78 is 20.1. The number of ether oxygens (including phenoxy) is 1. The number of carbonyl (C=O) groups is 2. The molecule has 2 fully saturated rings. The number of amides is 2. The summed E-state index contributed by atoms with van der Waals surface area (Å²) in [5.74, 6) is -0.487. The van der Waals surface area contributed by atoms with Gasteiger partial charge in [0.2, 0.25) is 0 Å². The van der Waals surface area contributed by atoms with E-state index in [-0.39, 0.29) is 31.5 Å². The van der Waals surface area contributed by atoms with E-state index >= 15 is 0 Å². The Balaban J connectivity index is 1.71. The summed E-state index contributed by atoms with van der Waals surface area (Å²) in [7, 11) is 0. The van der Waals surface area contributed by atoms with Gasteiger partial charge < -0.3 is 14.5 Å². The molecule has 1 heterocycles. The van der Waals surface area contributed by atoms with Crippen LogP contribution in [0.25, 0.3) is 0 Å². The zero-order valence-corrected chi connectivity index (χ0v) is 18.5. The summed E-state index contributed by atoms with van der Waals surface area (Å²) in [6.07, 6.45) is 1.28. The summed E-state index contributed by atoms with van der Waals surface area (Å²) in [5.41, 5.74) is -1.60. The van der Waals surface area contributed by atoms with Crippen LogP contribution < -0.4 is 0 Å². The van der Waals surface area contributed by atoms with E-state index in [1.165, 1.54) is 0 Å². The molecule has 0 radical (unpaired) electrons. The predicted octanol–water partition coefficient (Wildman–Crippen LogP) is 5.22. The number of halogens is 3. The van der Waals surface area contributed by atoms with Crippen molar-refractivity contribution in [2.24, 2.45) is 0 Å². The Morgan fingerprint density at radius 1 is 1.24 bits per heavy atom. The molecule has 2 aliphatic rings. The Morgan fingerprint density at radius 2 is 1.86 bits per heavy atom. The number of rotatable bonds is 4. The summed E-state index contributed by atoms with van der Waals surface area (Å²) in [6, 6.07) is 4.92. The predicted molar refractivity (Wildman–Crippen MR) is 111 cm³/mol. The maximum atomic E-state index is 14.6. The van der Waals surface area contributed by atoms with E-state index in [0.29, 0.717) is 36.0 Å². The molecule has 0 spiro atoms. The Kier molecular flexibility index (Phi) is 6.35. The third-order valence-electron chi connectivity index (χ3n) is 5.25. The minimum absolute atomic E-state index is 0.166. The van der Waals surface area contributed by atoms with Crippen molar-refractivity contribution in [3.05, 3.63) is 33.8 Å². The zero-order valence-electron chi connectivity index (χ0n) is 17.0. The Morgan fingerprint density at radius 3 is 2.38 bits per heavy atom. The van der Waals surface area contributed by atoms with Gasteiger partial charge in [-0.1, -0.05) is 29.3 Å². The van der Waals surface area contributed by atoms with Crippen molar-refractivity contribution in [3.8, 4) is 0 Å². The van der Waals surface area contributed by atoms with E-state index in [4.69, 9.17) is 27.9 Å². The van der Waals surface area contributed by atoms with Crippen molar-refractivity contribution in [2.45, 2.75) is 70.3 Å². The van der Waals surface area contributed by atoms with Gasteiger partial charge in [0.05, 0.1) is 0 Å². The Labute approximate surface area is 181 Å². The van der Waals surface area contributed by atoms with Crippen LogP contribution in [0, 0.1) is 0 Å². The van der Waals surface area contributed by atoms with Crippen LogP contribution in [-0.4, -0.2) is 52.2 Å². The normalized spacial score (nSPS) is 19.0. The van der Waals surface area contributed by atoms with Gasteiger partial charge in [0.1, 0.15) is 5.60 Å². The van der Waals surface area contributed by atoms with E-state index < -0.39 is 17.2 Å². The summed E-state index contributed by atoms with van der Waals surface area (Å²) in [6.45, 7) is 6.60. The van der Waals surface area contributed by atoms with Crippen molar-refractivity contribution in [3.63, 3.8) is 0 Å². The highest BCUT2D eigenvalue weighted by atomic mass is 35.5. The highest BCUT2D eigenvalue weighted by Gasteiger charge is 2.54. The molecule has 1 saturated heterocycles. The number of carbonyl (C=O) groups excluding carboxylic acids is 2. The first-order chi connectivity index (χ1) is 13.5. The molecule has 0 unspecified atom stereocenters. The third-order valence-corrected chi connectivity index (χ3v) is 5.83. The van der Waals surface area contributed by atoms with Crippen LogP contribution in [0.4, 0.5) is 9.18 Å².